The first-order valence-electron chi connectivity index (χ1n) is 9.36. The monoisotopic (exact) mass is 307 g/mol. The Morgan fingerprint density at radius 1 is 1.32 bits per heavy atom. The van der Waals surface area contributed by atoms with E-state index in [9.17, 15) is 0 Å². The van der Waals surface area contributed by atoms with Crippen molar-refractivity contribution in [3.63, 3.8) is 0 Å². The molecule has 1 heterocycles. The first kappa shape index (κ1) is 16.1. The normalized spacial score (nSPS) is 32.9. The Hall–Kier alpha value is -0.770. The van der Waals surface area contributed by atoms with E-state index in [1.54, 1.807) is 0 Å². The van der Waals surface area contributed by atoms with Crippen molar-refractivity contribution in [1.29, 1.82) is 0 Å². The lowest BCUT2D eigenvalue weighted by Gasteiger charge is -2.57. The predicted octanol–water partition coefficient (Wildman–Crippen LogP) is 3.03. The van der Waals surface area contributed by atoms with Crippen LogP contribution in [0.3, 0.4) is 0 Å². The van der Waals surface area contributed by atoms with Crippen molar-refractivity contribution in [3.05, 3.63) is 0 Å². The summed E-state index contributed by atoms with van der Waals surface area (Å²) in [5.74, 6) is 1.82. The van der Waals surface area contributed by atoms with Crippen LogP contribution in [0.25, 0.3) is 0 Å². The maximum absolute atomic E-state index is 6.09. The van der Waals surface area contributed by atoms with E-state index in [4.69, 9.17) is 9.73 Å². The number of rotatable bonds is 5. The largest absolute Gasteiger partial charge is 0.377 e. The van der Waals surface area contributed by atoms with E-state index in [1.807, 2.05) is 0 Å². The summed E-state index contributed by atoms with van der Waals surface area (Å²) in [7, 11) is 2.18. The van der Waals surface area contributed by atoms with Crippen molar-refractivity contribution in [2.24, 2.45) is 16.3 Å². The number of guanidine groups is 1. The quantitative estimate of drug-likeness (QED) is 0.626. The van der Waals surface area contributed by atoms with E-state index in [1.165, 1.54) is 44.9 Å². The molecule has 0 aromatic rings. The van der Waals surface area contributed by atoms with E-state index in [0.29, 0.717) is 23.5 Å². The summed E-state index contributed by atoms with van der Waals surface area (Å²) in [6, 6.07) is 0.580. The van der Waals surface area contributed by atoms with Gasteiger partial charge in [0.15, 0.2) is 5.96 Å². The van der Waals surface area contributed by atoms with E-state index in [0.717, 1.165) is 25.7 Å². The Morgan fingerprint density at radius 3 is 2.77 bits per heavy atom. The zero-order valence-corrected chi connectivity index (χ0v) is 14.6. The lowest BCUT2D eigenvalue weighted by atomic mass is 9.54. The first-order chi connectivity index (χ1) is 10.7. The van der Waals surface area contributed by atoms with Crippen molar-refractivity contribution in [2.75, 3.05) is 26.7 Å². The molecular formula is C18H33N3O. The molecule has 0 aromatic carbocycles. The van der Waals surface area contributed by atoms with Gasteiger partial charge in [0.25, 0.3) is 0 Å². The average molecular weight is 307 g/mol. The molecule has 0 amide bonds. The third-order valence-corrected chi connectivity index (χ3v) is 6.09. The molecule has 4 nitrogen and oxygen atoms in total. The van der Waals surface area contributed by atoms with Crippen LogP contribution in [-0.2, 0) is 4.74 Å². The molecule has 3 unspecified atom stereocenters. The van der Waals surface area contributed by atoms with Gasteiger partial charge in [-0.1, -0.05) is 26.2 Å². The van der Waals surface area contributed by atoms with Crippen LogP contribution < -0.4 is 5.32 Å². The minimum Gasteiger partial charge on any atom is -0.377 e. The fourth-order valence-corrected chi connectivity index (χ4v) is 4.97. The predicted molar refractivity (Wildman–Crippen MR) is 91.2 cm³/mol. The lowest BCUT2D eigenvalue weighted by molar-refractivity contribution is -0.125. The van der Waals surface area contributed by atoms with Crippen molar-refractivity contribution in [1.82, 2.24) is 10.2 Å². The van der Waals surface area contributed by atoms with Crippen molar-refractivity contribution < 1.29 is 4.74 Å². The van der Waals surface area contributed by atoms with Crippen LogP contribution in [0.15, 0.2) is 4.99 Å². The van der Waals surface area contributed by atoms with Gasteiger partial charge in [-0.25, -0.2) is 0 Å². The number of unbranched alkanes of at least 4 members (excludes halogenated alkanes) is 1. The molecule has 3 rings (SSSR count). The Balaban J connectivity index is 1.70. The molecule has 4 heteroatoms. The number of hydrogen-bond acceptors (Lipinski definition) is 2. The van der Waals surface area contributed by atoms with Gasteiger partial charge in [0.1, 0.15) is 0 Å². The van der Waals surface area contributed by atoms with E-state index < -0.39 is 0 Å². The Bertz CT molecular complexity index is 403. The zero-order valence-electron chi connectivity index (χ0n) is 14.6. The molecule has 1 N–H and O–H groups in total. The molecule has 3 atom stereocenters. The average Bonchev–Trinajstić information content (AvgIpc) is 3.16. The molecule has 2 saturated carbocycles. The smallest absolute Gasteiger partial charge is 0.193 e. The summed E-state index contributed by atoms with van der Waals surface area (Å²) in [5.41, 5.74) is 0.404. The number of fused-ring (bicyclic) bond motifs is 2. The molecule has 0 radical (unpaired) electrons. The first-order valence-corrected chi connectivity index (χ1v) is 9.36. The minimum absolute atomic E-state index is 0.404. The fraction of sp³-hybridized carbons (Fsp3) is 0.944. The summed E-state index contributed by atoms with van der Waals surface area (Å²) in [6.45, 7) is 7.28. The second kappa shape index (κ2) is 6.77. The molecule has 3 fully saturated rings. The Morgan fingerprint density at radius 2 is 2.09 bits per heavy atom. The molecule has 3 aliphatic rings. The van der Waals surface area contributed by atoms with Gasteiger partial charge in [-0.3, -0.25) is 4.99 Å². The number of ether oxygens (including phenoxy) is 1. The molecule has 1 aliphatic heterocycles. The van der Waals surface area contributed by atoms with Crippen LogP contribution in [0.4, 0.5) is 0 Å². The standard InChI is InChI=1S/C18H33N3O/c1-4-6-12-21(3)17(19-5-2)20-15-14-9-13-22-16(14)18(15)10-7-8-11-18/h14-16H,4-13H2,1-3H3,(H,19,20). The molecule has 2 aliphatic carbocycles. The summed E-state index contributed by atoms with van der Waals surface area (Å²) in [5, 5.41) is 3.86. The Kier molecular flexibility index (Phi) is 4.96. The SMILES string of the molecule is CCCCN(C)C(=NCC)NC1C2CCOC2C12CCCC2. The summed E-state index contributed by atoms with van der Waals surface area (Å²) in [6.07, 6.45) is 9.63. The summed E-state index contributed by atoms with van der Waals surface area (Å²) < 4.78 is 6.09. The van der Waals surface area contributed by atoms with Crippen molar-refractivity contribution >= 4 is 5.96 Å². The maximum atomic E-state index is 6.09. The number of nitrogens with one attached hydrogen (secondary N) is 1. The summed E-state index contributed by atoms with van der Waals surface area (Å²) >= 11 is 0. The van der Waals surface area contributed by atoms with E-state index in [2.05, 4.69) is 31.1 Å². The van der Waals surface area contributed by atoms with Crippen LogP contribution >= 0.6 is 0 Å². The molecule has 1 saturated heterocycles. The van der Waals surface area contributed by atoms with Crippen LogP contribution in [0.1, 0.15) is 58.8 Å². The number of hydrogen-bond donors (Lipinski definition) is 1. The zero-order chi connectivity index (χ0) is 15.6. The van der Waals surface area contributed by atoms with Gasteiger partial charge < -0.3 is 15.0 Å². The van der Waals surface area contributed by atoms with Crippen LogP contribution in [0, 0.1) is 11.3 Å². The summed E-state index contributed by atoms with van der Waals surface area (Å²) in [4.78, 5) is 7.08. The highest BCUT2D eigenvalue weighted by Gasteiger charge is 2.65. The molecule has 0 bridgehead atoms. The third-order valence-electron chi connectivity index (χ3n) is 6.09. The maximum Gasteiger partial charge on any atom is 0.193 e. The molecule has 1 spiro atoms. The van der Waals surface area contributed by atoms with Crippen molar-refractivity contribution in [3.8, 4) is 0 Å². The molecule has 22 heavy (non-hydrogen) atoms. The topological polar surface area (TPSA) is 36.9 Å². The van der Waals surface area contributed by atoms with Gasteiger partial charge in [0, 0.05) is 44.1 Å². The molecule has 0 aromatic heterocycles. The highest BCUT2D eigenvalue weighted by Crippen LogP contribution is 2.60. The third kappa shape index (κ3) is 2.64. The van der Waals surface area contributed by atoms with Crippen LogP contribution in [0.5, 0.6) is 0 Å². The second-order valence-corrected chi connectivity index (χ2v) is 7.38. The fourth-order valence-electron chi connectivity index (χ4n) is 4.97. The van der Waals surface area contributed by atoms with Gasteiger partial charge in [-0.15, -0.1) is 0 Å². The van der Waals surface area contributed by atoms with E-state index >= 15 is 0 Å². The van der Waals surface area contributed by atoms with Crippen LogP contribution in [0.2, 0.25) is 0 Å². The lowest BCUT2D eigenvalue weighted by Crippen LogP contribution is -2.69. The van der Waals surface area contributed by atoms with Crippen molar-refractivity contribution in [2.45, 2.75) is 70.9 Å². The highest BCUT2D eigenvalue weighted by molar-refractivity contribution is 5.80. The van der Waals surface area contributed by atoms with Gasteiger partial charge in [-0.2, -0.15) is 0 Å². The number of aliphatic imine (C=N–C) groups is 1. The number of nitrogens with zero attached hydrogens (tertiary/aromatic N) is 2. The second-order valence-electron chi connectivity index (χ2n) is 7.38. The van der Waals surface area contributed by atoms with Gasteiger partial charge >= 0.3 is 0 Å². The van der Waals surface area contributed by atoms with Crippen LogP contribution in [-0.4, -0.2) is 49.7 Å². The molecular weight excluding hydrogens is 274 g/mol. The van der Waals surface area contributed by atoms with Gasteiger partial charge in [0.2, 0.25) is 0 Å². The highest BCUT2D eigenvalue weighted by atomic mass is 16.5. The van der Waals surface area contributed by atoms with Gasteiger partial charge in [0.05, 0.1) is 6.10 Å². The minimum atomic E-state index is 0.404. The van der Waals surface area contributed by atoms with Gasteiger partial charge in [-0.05, 0) is 32.6 Å². The van der Waals surface area contributed by atoms with E-state index in [-0.39, 0.29) is 0 Å². The Labute approximate surface area is 135 Å². The molecule has 126 valence electrons.